The Bertz CT molecular complexity index is 941. The molecule has 2 aromatic rings. The van der Waals surface area contributed by atoms with Crippen LogP contribution in [0.1, 0.15) is 21.5 Å². The molecule has 0 heterocycles. The number of hydrogen-bond donors (Lipinski definition) is 1. The Kier molecular flexibility index (Phi) is 5.79. The maximum absolute atomic E-state index is 12.5. The number of benzene rings is 2. The number of sulfonamides is 1. The Morgan fingerprint density at radius 2 is 1.68 bits per heavy atom. The molecule has 0 fully saturated rings. The molecule has 1 N–H and O–H groups in total. The van der Waals surface area contributed by atoms with Gasteiger partial charge in [-0.05, 0) is 55.3 Å². The summed E-state index contributed by atoms with van der Waals surface area (Å²) >= 11 is 11.8. The van der Waals surface area contributed by atoms with E-state index in [4.69, 9.17) is 23.2 Å². The van der Waals surface area contributed by atoms with Crippen LogP contribution in [0.15, 0.2) is 35.2 Å². The van der Waals surface area contributed by atoms with Crippen LogP contribution in [-0.4, -0.2) is 32.7 Å². The van der Waals surface area contributed by atoms with Crippen molar-refractivity contribution in [1.82, 2.24) is 4.31 Å². The topological polar surface area (TPSA) is 66.5 Å². The van der Waals surface area contributed by atoms with Gasteiger partial charge >= 0.3 is 0 Å². The van der Waals surface area contributed by atoms with Gasteiger partial charge in [0.2, 0.25) is 10.0 Å². The molecule has 0 bridgehead atoms. The van der Waals surface area contributed by atoms with E-state index >= 15 is 0 Å². The van der Waals surface area contributed by atoms with Gasteiger partial charge in [-0.15, -0.1) is 0 Å². The average molecular weight is 401 g/mol. The van der Waals surface area contributed by atoms with Crippen molar-refractivity contribution in [2.45, 2.75) is 18.7 Å². The van der Waals surface area contributed by atoms with E-state index in [9.17, 15) is 13.2 Å². The van der Waals surface area contributed by atoms with Crippen LogP contribution >= 0.6 is 23.2 Å². The van der Waals surface area contributed by atoms with E-state index in [0.717, 1.165) is 4.31 Å². The fraction of sp³-hybridized carbons (Fsp3) is 0.235. The van der Waals surface area contributed by atoms with E-state index in [1.807, 2.05) is 0 Å². The molecule has 0 unspecified atom stereocenters. The lowest BCUT2D eigenvalue weighted by Crippen LogP contribution is -2.24. The molecule has 2 rings (SSSR count). The summed E-state index contributed by atoms with van der Waals surface area (Å²) in [5.74, 6) is -0.434. The number of nitrogens with zero attached hydrogens (tertiary/aromatic N) is 1. The van der Waals surface area contributed by atoms with Crippen molar-refractivity contribution < 1.29 is 13.2 Å². The zero-order valence-electron chi connectivity index (χ0n) is 14.2. The first-order chi connectivity index (χ1) is 11.5. The van der Waals surface area contributed by atoms with Crippen molar-refractivity contribution in [3.05, 3.63) is 57.1 Å². The molecule has 0 atom stereocenters. The van der Waals surface area contributed by atoms with E-state index in [-0.39, 0.29) is 10.5 Å². The normalized spacial score (nSPS) is 11.6. The van der Waals surface area contributed by atoms with E-state index in [0.29, 0.717) is 26.9 Å². The number of halogens is 2. The van der Waals surface area contributed by atoms with Crippen molar-refractivity contribution in [3.63, 3.8) is 0 Å². The summed E-state index contributed by atoms with van der Waals surface area (Å²) < 4.78 is 26.1. The third kappa shape index (κ3) is 4.15. The summed E-state index contributed by atoms with van der Waals surface area (Å²) in [6, 6.07) is 7.74. The maximum Gasteiger partial charge on any atom is 0.255 e. The Morgan fingerprint density at radius 1 is 1.04 bits per heavy atom. The summed E-state index contributed by atoms with van der Waals surface area (Å²) in [6.07, 6.45) is 0. The highest BCUT2D eigenvalue weighted by molar-refractivity contribution is 7.89. The van der Waals surface area contributed by atoms with Crippen molar-refractivity contribution in [3.8, 4) is 0 Å². The highest BCUT2D eigenvalue weighted by Gasteiger charge is 2.23. The van der Waals surface area contributed by atoms with Crippen LogP contribution in [0.3, 0.4) is 0 Å². The molecular weight excluding hydrogens is 383 g/mol. The number of rotatable bonds is 4. The summed E-state index contributed by atoms with van der Waals surface area (Å²) in [6.45, 7) is 3.48. The number of hydrogen-bond acceptors (Lipinski definition) is 3. The quantitative estimate of drug-likeness (QED) is 0.839. The lowest BCUT2D eigenvalue weighted by atomic mass is 10.1. The standard InChI is InChI=1S/C17H18Cl2N2O3S/c1-10-7-12(8-16(11(10)2)25(23,24)21(3)4)17(22)20-13-5-6-14(18)15(19)9-13/h5-9H,1-4H3,(H,20,22). The van der Waals surface area contributed by atoms with Gasteiger partial charge in [-0.25, -0.2) is 12.7 Å². The number of anilines is 1. The highest BCUT2D eigenvalue weighted by Crippen LogP contribution is 2.27. The number of aryl methyl sites for hydroxylation is 1. The molecular formula is C17H18Cl2N2O3S. The molecule has 0 aromatic heterocycles. The van der Waals surface area contributed by atoms with Gasteiger partial charge < -0.3 is 5.32 Å². The third-order valence-corrected chi connectivity index (χ3v) is 6.50. The van der Waals surface area contributed by atoms with Gasteiger partial charge in [0.1, 0.15) is 0 Å². The molecule has 0 aliphatic carbocycles. The first-order valence-electron chi connectivity index (χ1n) is 7.34. The highest BCUT2D eigenvalue weighted by atomic mass is 35.5. The van der Waals surface area contributed by atoms with Gasteiger partial charge in [0.05, 0.1) is 14.9 Å². The lowest BCUT2D eigenvalue weighted by Gasteiger charge is -2.16. The third-order valence-electron chi connectivity index (χ3n) is 3.82. The minimum atomic E-state index is -3.66. The van der Waals surface area contributed by atoms with Gasteiger partial charge in [0.15, 0.2) is 0 Å². The zero-order valence-corrected chi connectivity index (χ0v) is 16.6. The molecule has 0 aliphatic heterocycles. The maximum atomic E-state index is 12.5. The minimum Gasteiger partial charge on any atom is -0.322 e. The Labute approximate surface area is 157 Å². The predicted octanol–water partition coefficient (Wildman–Crippen LogP) is 4.11. The van der Waals surface area contributed by atoms with E-state index in [1.165, 1.54) is 26.2 Å². The van der Waals surface area contributed by atoms with E-state index in [1.54, 1.807) is 32.0 Å². The number of amides is 1. The van der Waals surface area contributed by atoms with Crippen LogP contribution in [0.25, 0.3) is 0 Å². The largest absolute Gasteiger partial charge is 0.322 e. The molecule has 8 heteroatoms. The van der Waals surface area contributed by atoms with Gasteiger partial charge in [0.25, 0.3) is 5.91 Å². The number of carbonyl (C=O) groups excluding carboxylic acids is 1. The molecule has 0 aliphatic rings. The molecule has 1 amide bonds. The van der Waals surface area contributed by atoms with Gasteiger partial charge in [-0.3, -0.25) is 4.79 Å². The van der Waals surface area contributed by atoms with E-state index < -0.39 is 15.9 Å². The Hall–Kier alpha value is -1.60. The van der Waals surface area contributed by atoms with Gasteiger partial charge in [0, 0.05) is 25.3 Å². The summed E-state index contributed by atoms with van der Waals surface area (Å²) in [5, 5.41) is 3.39. The Balaban J connectivity index is 2.44. The molecule has 0 saturated carbocycles. The molecule has 134 valence electrons. The first kappa shape index (κ1) is 19.7. The fourth-order valence-corrected chi connectivity index (χ4v) is 3.72. The van der Waals surface area contributed by atoms with Crippen LogP contribution in [0.5, 0.6) is 0 Å². The summed E-state index contributed by atoms with van der Waals surface area (Å²) in [7, 11) is -0.755. The molecule has 0 saturated heterocycles. The van der Waals surface area contributed by atoms with Crippen molar-refractivity contribution in [2.75, 3.05) is 19.4 Å². The molecule has 5 nitrogen and oxygen atoms in total. The minimum absolute atomic E-state index is 0.108. The van der Waals surface area contributed by atoms with E-state index in [2.05, 4.69) is 5.32 Å². The number of nitrogens with one attached hydrogen (secondary N) is 1. The molecule has 0 spiro atoms. The molecule has 0 radical (unpaired) electrons. The van der Waals surface area contributed by atoms with Crippen LogP contribution < -0.4 is 5.32 Å². The van der Waals surface area contributed by atoms with Crippen molar-refractivity contribution >= 4 is 44.8 Å². The second-order valence-electron chi connectivity index (χ2n) is 5.79. The second kappa shape index (κ2) is 7.33. The Morgan fingerprint density at radius 3 is 2.24 bits per heavy atom. The van der Waals surface area contributed by atoms with Crippen molar-refractivity contribution in [1.29, 1.82) is 0 Å². The van der Waals surface area contributed by atoms with Crippen LogP contribution in [0, 0.1) is 13.8 Å². The lowest BCUT2D eigenvalue weighted by molar-refractivity contribution is 0.102. The van der Waals surface area contributed by atoms with Crippen LogP contribution in [0.2, 0.25) is 10.0 Å². The second-order valence-corrected chi connectivity index (χ2v) is 8.72. The van der Waals surface area contributed by atoms with Crippen LogP contribution in [-0.2, 0) is 10.0 Å². The van der Waals surface area contributed by atoms with Crippen LogP contribution in [0.4, 0.5) is 5.69 Å². The zero-order chi connectivity index (χ0) is 18.9. The smallest absolute Gasteiger partial charge is 0.255 e. The van der Waals surface area contributed by atoms with Gasteiger partial charge in [-0.2, -0.15) is 0 Å². The predicted molar refractivity (Wildman–Crippen MR) is 101 cm³/mol. The first-order valence-corrected chi connectivity index (χ1v) is 9.54. The fourth-order valence-electron chi connectivity index (χ4n) is 2.20. The SMILES string of the molecule is Cc1cc(C(=O)Nc2ccc(Cl)c(Cl)c2)cc(S(=O)(=O)N(C)C)c1C. The molecule has 25 heavy (non-hydrogen) atoms. The van der Waals surface area contributed by atoms with Crippen molar-refractivity contribution in [2.24, 2.45) is 0 Å². The molecule has 2 aromatic carbocycles. The monoisotopic (exact) mass is 400 g/mol. The summed E-state index contributed by atoms with van der Waals surface area (Å²) in [5.41, 5.74) is 2.03. The van der Waals surface area contributed by atoms with Gasteiger partial charge in [-0.1, -0.05) is 23.2 Å². The average Bonchev–Trinajstić information content (AvgIpc) is 2.52. The summed E-state index contributed by atoms with van der Waals surface area (Å²) in [4.78, 5) is 12.6. The number of carbonyl (C=O) groups is 1.